The average molecular weight is 466 g/mol. The van der Waals surface area contributed by atoms with Crippen LogP contribution in [0.5, 0.6) is 5.75 Å². The normalized spacial score (nSPS) is 12.5. The van der Waals surface area contributed by atoms with Gasteiger partial charge in [0, 0.05) is 36.4 Å². The van der Waals surface area contributed by atoms with Crippen LogP contribution < -0.4 is 15.8 Å². The molecule has 33 heavy (non-hydrogen) atoms. The summed E-state index contributed by atoms with van der Waals surface area (Å²) in [5.74, 6) is 0.0789. The van der Waals surface area contributed by atoms with Gasteiger partial charge in [0.2, 0.25) is 5.91 Å². The summed E-state index contributed by atoms with van der Waals surface area (Å²) in [7, 11) is 0. The second-order valence-electron chi connectivity index (χ2n) is 7.54. The molecular weight excluding hydrogens is 448 g/mol. The first-order valence-corrected chi connectivity index (χ1v) is 11.2. The van der Waals surface area contributed by atoms with Gasteiger partial charge in [-0.05, 0) is 36.2 Å². The lowest BCUT2D eigenvalue weighted by Gasteiger charge is -2.04. The lowest BCUT2D eigenvalue weighted by molar-refractivity contribution is -0.384. The summed E-state index contributed by atoms with van der Waals surface area (Å²) in [6.07, 6.45) is 1.44. The van der Waals surface area contributed by atoms with Gasteiger partial charge in [-0.2, -0.15) is 0 Å². The number of non-ortho nitro benzene ring substituents is 1. The number of amides is 1. The molecule has 3 heterocycles. The van der Waals surface area contributed by atoms with Crippen molar-refractivity contribution in [3.63, 3.8) is 0 Å². The van der Waals surface area contributed by atoms with Gasteiger partial charge in [0.25, 0.3) is 5.69 Å². The van der Waals surface area contributed by atoms with E-state index in [0.29, 0.717) is 23.7 Å². The molecule has 0 saturated heterocycles. The van der Waals surface area contributed by atoms with Gasteiger partial charge in [0.05, 0.1) is 28.8 Å². The predicted molar refractivity (Wildman–Crippen MR) is 122 cm³/mol. The molecule has 0 bridgehead atoms. The first-order chi connectivity index (χ1) is 16.0. The maximum Gasteiger partial charge on any atom is 0.419 e. The number of anilines is 1. The maximum absolute atomic E-state index is 12.4. The number of aromatic nitrogens is 2. The van der Waals surface area contributed by atoms with E-state index >= 15 is 0 Å². The molecule has 5 rings (SSSR count). The van der Waals surface area contributed by atoms with E-state index in [9.17, 15) is 19.7 Å². The van der Waals surface area contributed by atoms with Gasteiger partial charge in [0.15, 0.2) is 10.7 Å². The first-order valence-electron chi connectivity index (χ1n) is 10.3. The zero-order chi connectivity index (χ0) is 22.9. The van der Waals surface area contributed by atoms with Crippen molar-refractivity contribution in [2.45, 2.75) is 25.8 Å². The number of nitro benzene ring substituents is 1. The number of benzene rings is 2. The largest absolute Gasteiger partial charge is 0.493 e. The molecule has 0 unspecified atom stereocenters. The number of oxazole rings is 1. The van der Waals surface area contributed by atoms with E-state index in [1.807, 2.05) is 17.5 Å². The van der Waals surface area contributed by atoms with Crippen molar-refractivity contribution in [3.8, 4) is 17.0 Å². The third-order valence-corrected chi connectivity index (χ3v) is 6.14. The molecule has 1 aliphatic heterocycles. The highest BCUT2D eigenvalue weighted by atomic mass is 32.1. The number of nitrogens with zero attached hydrogens (tertiary/aromatic N) is 3. The lowest BCUT2D eigenvalue weighted by atomic mass is 10.1. The van der Waals surface area contributed by atoms with Gasteiger partial charge in [-0.15, -0.1) is 11.3 Å². The maximum atomic E-state index is 12.4. The van der Waals surface area contributed by atoms with E-state index in [1.165, 1.54) is 34.1 Å². The number of nitro groups is 1. The summed E-state index contributed by atoms with van der Waals surface area (Å²) in [5, 5.41) is 16.1. The number of thiazole rings is 1. The summed E-state index contributed by atoms with van der Waals surface area (Å²) in [6.45, 7) is 0.940. The minimum atomic E-state index is -0.616. The van der Waals surface area contributed by atoms with Gasteiger partial charge in [-0.3, -0.25) is 19.5 Å². The SMILES string of the molecule is O=C(CCCn1c(=O)oc2cc([N+](=O)[O-])ccc21)Nc1nc(-c2ccc3c(c2)CCO3)cs1. The Bertz CT molecular complexity index is 1440. The van der Waals surface area contributed by atoms with Crippen molar-refractivity contribution >= 4 is 39.2 Å². The number of fused-ring (bicyclic) bond motifs is 2. The predicted octanol–water partition coefficient (Wildman–Crippen LogP) is 3.98. The second-order valence-corrected chi connectivity index (χ2v) is 8.40. The summed E-state index contributed by atoms with van der Waals surface area (Å²) in [5.41, 5.74) is 3.36. The number of carbonyl (C=O) groups is 1. The van der Waals surface area contributed by atoms with Crippen LogP contribution in [0.15, 0.2) is 51.0 Å². The second kappa shape index (κ2) is 8.51. The Morgan fingerprint density at radius 1 is 1.27 bits per heavy atom. The Morgan fingerprint density at radius 3 is 3.00 bits per heavy atom. The monoisotopic (exact) mass is 466 g/mol. The molecule has 2 aromatic heterocycles. The summed E-state index contributed by atoms with van der Waals surface area (Å²) >= 11 is 1.35. The molecule has 2 aromatic carbocycles. The molecular formula is C22H18N4O6S. The molecule has 168 valence electrons. The molecule has 0 radical (unpaired) electrons. The molecule has 11 heteroatoms. The fraction of sp³-hybridized carbons (Fsp3) is 0.227. The van der Waals surface area contributed by atoms with Crippen molar-refractivity contribution in [1.29, 1.82) is 0 Å². The Kier molecular flexibility index (Phi) is 5.38. The zero-order valence-electron chi connectivity index (χ0n) is 17.3. The van der Waals surface area contributed by atoms with Crippen LogP contribution in [0.2, 0.25) is 0 Å². The zero-order valence-corrected chi connectivity index (χ0v) is 18.1. The fourth-order valence-electron chi connectivity index (χ4n) is 3.77. The Hall–Kier alpha value is -3.99. The number of aryl methyl sites for hydroxylation is 1. The quantitative estimate of drug-likeness (QED) is 0.322. The highest BCUT2D eigenvalue weighted by molar-refractivity contribution is 7.14. The Labute approximate surface area is 190 Å². The van der Waals surface area contributed by atoms with Crippen LogP contribution in [0.4, 0.5) is 10.8 Å². The summed E-state index contributed by atoms with van der Waals surface area (Å²) in [6, 6.07) is 9.95. The lowest BCUT2D eigenvalue weighted by Crippen LogP contribution is -2.17. The van der Waals surface area contributed by atoms with E-state index in [2.05, 4.69) is 16.4 Å². The van der Waals surface area contributed by atoms with E-state index in [-0.39, 0.29) is 30.1 Å². The minimum absolute atomic E-state index is 0.145. The third-order valence-electron chi connectivity index (χ3n) is 5.38. The molecule has 4 aromatic rings. The van der Waals surface area contributed by atoms with Gasteiger partial charge < -0.3 is 14.5 Å². The van der Waals surface area contributed by atoms with E-state index < -0.39 is 10.7 Å². The topological polar surface area (TPSA) is 130 Å². The minimum Gasteiger partial charge on any atom is -0.493 e. The van der Waals surface area contributed by atoms with Crippen molar-refractivity contribution in [3.05, 3.63) is 68.0 Å². The number of nitrogens with one attached hydrogen (secondary N) is 1. The molecule has 1 aliphatic rings. The summed E-state index contributed by atoms with van der Waals surface area (Å²) in [4.78, 5) is 39.3. The van der Waals surface area contributed by atoms with E-state index in [0.717, 1.165) is 29.0 Å². The highest BCUT2D eigenvalue weighted by Gasteiger charge is 2.16. The van der Waals surface area contributed by atoms with Crippen molar-refractivity contribution in [2.75, 3.05) is 11.9 Å². The van der Waals surface area contributed by atoms with Gasteiger partial charge in [-0.25, -0.2) is 9.78 Å². The number of hydrogen-bond acceptors (Lipinski definition) is 8. The molecule has 0 atom stereocenters. The summed E-state index contributed by atoms with van der Waals surface area (Å²) < 4.78 is 12.0. The van der Waals surface area contributed by atoms with E-state index in [1.54, 1.807) is 0 Å². The number of ether oxygens (including phenoxy) is 1. The highest BCUT2D eigenvalue weighted by Crippen LogP contribution is 2.32. The van der Waals surface area contributed by atoms with Gasteiger partial charge in [0.1, 0.15) is 5.75 Å². The van der Waals surface area contributed by atoms with Gasteiger partial charge >= 0.3 is 5.76 Å². The average Bonchev–Trinajstić information content (AvgIpc) is 3.51. The smallest absolute Gasteiger partial charge is 0.419 e. The third kappa shape index (κ3) is 4.22. The van der Waals surface area contributed by atoms with Crippen LogP contribution in [0.1, 0.15) is 18.4 Å². The van der Waals surface area contributed by atoms with Crippen LogP contribution in [0, 0.1) is 10.1 Å². The Morgan fingerprint density at radius 2 is 2.15 bits per heavy atom. The molecule has 0 aliphatic carbocycles. The molecule has 10 nitrogen and oxygen atoms in total. The molecule has 0 saturated carbocycles. The van der Waals surface area contributed by atoms with Crippen LogP contribution in [-0.4, -0.2) is 27.0 Å². The van der Waals surface area contributed by atoms with Crippen LogP contribution in [-0.2, 0) is 17.8 Å². The number of hydrogen-bond donors (Lipinski definition) is 1. The van der Waals surface area contributed by atoms with Crippen molar-refractivity contribution in [2.24, 2.45) is 0 Å². The molecule has 1 amide bonds. The first kappa shape index (κ1) is 20.9. The standard InChI is InChI=1S/C22H18N4O6S/c27-20(2-1-8-25-17-5-4-15(26(29)30)11-19(17)32-22(25)28)24-21-23-16(12-33-21)13-3-6-18-14(10-13)7-9-31-18/h3-6,10-12H,1-2,7-9H2,(H,23,24,27). The van der Waals surface area contributed by atoms with Crippen molar-refractivity contribution < 1.29 is 18.9 Å². The fourth-order valence-corrected chi connectivity index (χ4v) is 4.51. The van der Waals surface area contributed by atoms with Crippen LogP contribution in [0.25, 0.3) is 22.4 Å². The van der Waals surface area contributed by atoms with Crippen molar-refractivity contribution in [1.82, 2.24) is 9.55 Å². The Balaban J connectivity index is 1.19. The van der Waals surface area contributed by atoms with Crippen LogP contribution in [0.3, 0.4) is 0 Å². The molecule has 1 N–H and O–H groups in total. The number of carbonyl (C=O) groups excluding carboxylic acids is 1. The van der Waals surface area contributed by atoms with Gasteiger partial charge in [-0.1, -0.05) is 0 Å². The number of rotatable bonds is 7. The molecule has 0 fully saturated rings. The van der Waals surface area contributed by atoms with Crippen LogP contribution >= 0.6 is 11.3 Å². The molecule has 0 spiro atoms. The van der Waals surface area contributed by atoms with E-state index in [4.69, 9.17) is 9.15 Å².